The van der Waals surface area contributed by atoms with E-state index in [1.54, 1.807) is 0 Å². The number of nitrogens with zero attached hydrogens (tertiary/aromatic N) is 2. The lowest BCUT2D eigenvalue weighted by molar-refractivity contribution is 0.0398. The molecule has 0 atom stereocenters. The molecule has 2 rings (SSSR count). The van der Waals surface area contributed by atoms with Gasteiger partial charge in [0.05, 0.1) is 13.2 Å². The van der Waals surface area contributed by atoms with Gasteiger partial charge in [-0.25, -0.2) is 9.78 Å². The third-order valence-corrected chi connectivity index (χ3v) is 3.13. The molecule has 0 radical (unpaired) electrons. The lowest BCUT2D eigenvalue weighted by Crippen LogP contribution is -2.39. The Bertz CT molecular complexity index is 450. The van der Waals surface area contributed by atoms with Crippen LogP contribution in [-0.4, -0.2) is 60.4 Å². The highest BCUT2D eigenvalue weighted by Crippen LogP contribution is 2.16. The molecule has 1 aromatic heterocycles. The average Bonchev–Trinajstić information content (AvgIpc) is 2.39. The molecule has 0 saturated carbocycles. The van der Waals surface area contributed by atoms with Gasteiger partial charge in [0.25, 0.3) is 0 Å². The number of morpholine rings is 1. The summed E-state index contributed by atoms with van der Waals surface area (Å²) < 4.78 is 5.26. The number of hydrogen-bond acceptors (Lipinski definition) is 5. The summed E-state index contributed by atoms with van der Waals surface area (Å²) in [6, 6.07) is 2.92. The molecule has 104 valence electrons. The smallest absolute Gasteiger partial charge is 0.339 e. The van der Waals surface area contributed by atoms with Gasteiger partial charge in [0.15, 0.2) is 0 Å². The molecule has 1 aromatic rings. The molecule has 0 spiro atoms. The van der Waals surface area contributed by atoms with E-state index in [0.29, 0.717) is 12.4 Å². The molecular weight excluding hydrogens is 270 g/mol. The van der Waals surface area contributed by atoms with Gasteiger partial charge >= 0.3 is 5.97 Å². The van der Waals surface area contributed by atoms with Gasteiger partial charge in [0.2, 0.25) is 0 Å². The number of pyridine rings is 1. The monoisotopic (exact) mass is 285 g/mol. The van der Waals surface area contributed by atoms with Gasteiger partial charge in [-0.2, -0.15) is 0 Å². The number of carboxylic acid groups (broad SMARTS) is 1. The Balaban J connectivity index is 1.91. The fourth-order valence-corrected chi connectivity index (χ4v) is 2.05. The van der Waals surface area contributed by atoms with Crippen LogP contribution < -0.4 is 5.32 Å². The summed E-state index contributed by atoms with van der Waals surface area (Å²) in [6.07, 6.45) is 0. The van der Waals surface area contributed by atoms with E-state index in [2.05, 4.69) is 15.2 Å². The Morgan fingerprint density at radius 2 is 2.21 bits per heavy atom. The summed E-state index contributed by atoms with van der Waals surface area (Å²) in [4.78, 5) is 17.3. The first-order valence-corrected chi connectivity index (χ1v) is 6.48. The molecule has 2 N–H and O–H groups in total. The zero-order valence-electron chi connectivity index (χ0n) is 10.4. The highest BCUT2D eigenvalue weighted by molar-refractivity contribution is 6.29. The zero-order valence-corrected chi connectivity index (χ0v) is 11.2. The number of carboxylic acids is 1. The van der Waals surface area contributed by atoms with Gasteiger partial charge in [-0.1, -0.05) is 11.6 Å². The number of ether oxygens (including phenoxy) is 1. The maximum absolute atomic E-state index is 11.0. The lowest BCUT2D eigenvalue weighted by atomic mass is 10.2. The second kappa shape index (κ2) is 6.70. The summed E-state index contributed by atoms with van der Waals surface area (Å²) in [5.74, 6) is -0.703. The van der Waals surface area contributed by atoms with E-state index in [1.165, 1.54) is 12.1 Å². The number of carbonyl (C=O) groups is 1. The van der Waals surface area contributed by atoms with Gasteiger partial charge in [-0.15, -0.1) is 0 Å². The zero-order chi connectivity index (χ0) is 13.7. The Morgan fingerprint density at radius 3 is 2.89 bits per heavy atom. The molecule has 1 saturated heterocycles. The van der Waals surface area contributed by atoms with Crippen molar-refractivity contribution in [1.29, 1.82) is 0 Å². The highest BCUT2D eigenvalue weighted by Gasteiger charge is 2.13. The fourth-order valence-electron chi connectivity index (χ4n) is 1.90. The van der Waals surface area contributed by atoms with E-state index < -0.39 is 5.97 Å². The Morgan fingerprint density at radius 1 is 1.47 bits per heavy atom. The molecule has 0 aromatic carbocycles. The quantitative estimate of drug-likeness (QED) is 0.791. The number of anilines is 1. The number of hydrogen-bond donors (Lipinski definition) is 2. The number of nitrogens with one attached hydrogen (secondary N) is 1. The lowest BCUT2D eigenvalue weighted by Gasteiger charge is -2.26. The summed E-state index contributed by atoms with van der Waals surface area (Å²) in [5.41, 5.74) is 0.131. The van der Waals surface area contributed by atoms with E-state index in [-0.39, 0.29) is 10.7 Å². The van der Waals surface area contributed by atoms with Crippen molar-refractivity contribution in [2.45, 2.75) is 0 Å². The first-order chi connectivity index (χ1) is 9.16. The van der Waals surface area contributed by atoms with Gasteiger partial charge in [-0.05, 0) is 12.1 Å². The molecular formula is C12H16ClN3O3. The van der Waals surface area contributed by atoms with E-state index in [0.717, 1.165) is 32.8 Å². The molecule has 0 aliphatic carbocycles. The predicted octanol–water partition coefficient (Wildman–Crippen LogP) is 1.18. The van der Waals surface area contributed by atoms with Crippen molar-refractivity contribution in [3.8, 4) is 0 Å². The van der Waals surface area contributed by atoms with Crippen molar-refractivity contribution in [2.24, 2.45) is 0 Å². The van der Waals surface area contributed by atoms with Crippen molar-refractivity contribution in [3.05, 3.63) is 22.8 Å². The maximum atomic E-state index is 11.0. The van der Waals surface area contributed by atoms with Crippen LogP contribution in [0, 0.1) is 0 Å². The fraction of sp³-hybridized carbons (Fsp3) is 0.500. The van der Waals surface area contributed by atoms with Crippen LogP contribution in [0.1, 0.15) is 10.4 Å². The van der Waals surface area contributed by atoms with E-state index in [9.17, 15) is 4.79 Å². The normalized spacial score (nSPS) is 16.3. The van der Waals surface area contributed by atoms with Crippen LogP contribution in [0.2, 0.25) is 5.15 Å². The topological polar surface area (TPSA) is 74.7 Å². The minimum atomic E-state index is -1.02. The van der Waals surface area contributed by atoms with Crippen molar-refractivity contribution in [3.63, 3.8) is 0 Å². The molecule has 7 heteroatoms. The van der Waals surface area contributed by atoms with Crippen LogP contribution in [-0.2, 0) is 4.74 Å². The Hall–Kier alpha value is -1.37. The van der Waals surface area contributed by atoms with E-state index in [1.807, 2.05) is 0 Å². The van der Waals surface area contributed by atoms with Gasteiger partial charge < -0.3 is 15.2 Å². The summed E-state index contributed by atoms with van der Waals surface area (Å²) >= 11 is 5.78. The van der Waals surface area contributed by atoms with E-state index >= 15 is 0 Å². The Labute approximate surface area is 116 Å². The molecule has 1 aliphatic heterocycles. The van der Waals surface area contributed by atoms with Crippen molar-refractivity contribution >= 4 is 23.4 Å². The van der Waals surface area contributed by atoms with Crippen molar-refractivity contribution in [2.75, 3.05) is 44.7 Å². The number of aromatic nitrogens is 1. The third kappa shape index (κ3) is 4.05. The van der Waals surface area contributed by atoms with Crippen LogP contribution in [0.3, 0.4) is 0 Å². The SMILES string of the molecule is O=C(O)c1ccc(Cl)nc1NCCN1CCOCC1. The third-order valence-electron chi connectivity index (χ3n) is 2.92. The molecule has 19 heavy (non-hydrogen) atoms. The van der Waals surface area contributed by atoms with Crippen molar-refractivity contribution < 1.29 is 14.6 Å². The first-order valence-electron chi connectivity index (χ1n) is 6.10. The van der Waals surface area contributed by atoms with Crippen molar-refractivity contribution in [1.82, 2.24) is 9.88 Å². The summed E-state index contributed by atoms with van der Waals surface area (Å²) in [7, 11) is 0. The second-order valence-corrected chi connectivity index (χ2v) is 4.60. The second-order valence-electron chi connectivity index (χ2n) is 4.22. The number of rotatable bonds is 5. The number of aromatic carboxylic acids is 1. The average molecular weight is 286 g/mol. The molecule has 1 fully saturated rings. The maximum Gasteiger partial charge on any atom is 0.339 e. The standard InChI is InChI=1S/C12H16ClN3O3/c13-10-2-1-9(12(17)18)11(15-10)14-3-4-16-5-7-19-8-6-16/h1-2H,3-8H2,(H,14,15)(H,17,18). The van der Waals surface area contributed by atoms with Crippen LogP contribution in [0.4, 0.5) is 5.82 Å². The van der Waals surface area contributed by atoms with Crippen LogP contribution in [0.15, 0.2) is 12.1 Å². The van der Waals surface area contributed by atoms with E-state index in [4.69, 9.17) is 21.4 Å². The highest BCUT2D eigenvalue weighted by atomic mass is 35.5. The molecule has 1 aliphatic rings. The number of halogens is 1. The molecule has 2 heterocycles. The van der Waals surface area contributed by atoms with Gasteiger partial charge in [0, 0.05) is 26.2 Å². The van der Waals surface area contributed by atoms with Crippen LogP contribution >= 0.6 is 11.6 Å². The molecule has 6 nitrogen and oxygen atoms in total. The molecule has 0 bridgehead atoms. The summed E-state index contributed by atoms with van der Waals surface area (Å²) in [6.45, 7) is 4.72. The van der Waals surface area contributed by atoms with Crippen LogP contribution in [0.25, 0.3) is 0 Å². The molecule has 0 amide bonds. The first kappa shape index (κ1) is 14.0. The minimum Gasteiger partial charge on any atom is -0.478 e. The van der Waals surface area contributed by atoms with Gasteiger partial charge in [0.1, 0.15) is 16.5 Å². The largest absolute Gasteiger partial charge is 0.478 e. The minimum absolute atomic E-state index is 0.131. The Kier molecular flexibility index (Phi) is 4.95. The summed E-state index contributed by atoms with van der Waals surface area (Å²) in [5, 5.41) is 12.4. The molecule has 0 unspecified atom stereocenters. The van der Waals surface area contributed by atoms with Gasteiger partial charge in [-0.3, -0.25) is 4.90 Å². The van der Waals surface area contributed by atoms with Crippen LogP contribution in [0.5, 0.6) is 0 Å². The predicted molar refractivity (Wildman–Crippen MR) is 72.0 cm³/mol.